The summed E-state index contributed by atoms with van der Waals surface area (Å²) in [5, 5.41) is 3.64. The Bertz CT molecular complexity index is 2650. The van der Waals surface area contributed by atoms with E-state index in [9.17, 15) is 0 Å². The van der Waals surface area contributed by atoms with Crippen molar-refractivity contribution in [3.8, 4) is 0 Å². The van der Waals surface area contributed by atoms with E-state index in [1.807, 2.05) is 48.5 Å². The second-order valence-electron chi connectivity index (χ2n) is 14.6. The third-order valence-electron chi connectivity index (χ3n) is 10.4. The number of aromatic nitrogens is 2. The van der Waals surface area contributed by atoms with Crippen molar-refractivity contribution >= 4 is 73.7 Å². The maximum atomic E-state index is 7.86. The molecule has 4 aromatic carbocycles. The van der Waals surface area contributed by atoms with E-state index >= 15 is 0 Å². The lowest BCUT2D eigenvalue weighted by Crippen LogP contribution is -2.66. The molecule has 6 heterocycles. The predicted molar refractivity (Wildman–Crippen MR) is 215 cm³/mol. The average molecular weight is 732 g/mol. The molecule has 0 saturated carbocycles. The summed E-state index contributed by atoms with van der Waals surface area (Å²) < 4.78 is 19.3. The lowest BCUT2D eigenvalue weighted by atomic mass is 10.1. The third-order valence-corrected chi connectivity index (χ3v) is 17.7. The molecule has 262 valence electrons. The SMILES string of the molecule is CO[Si]1(O[Si](C)(C)CCCN(C)C)n2c3c4ccccc4c2N=C2N=C(N=c4c5ccccc5c(n41)=NC1=NC(=N3)c3ccccc31)c1ccccc12. The highest BCUT2D eigenvalue weighted by molar-refractivity contribution is 6.82. The van der Waals surface area contributed by atoms with Gasteiger partial charge in [-0.2, -0.15) is 0 Å². The van der Waals surface area contributed by atoms with Gasteiger partial charge in [-0.3, -0.25) is 8.47 Å². The molecule has 0 amide bonds. The zero-order chi connectivity index (χ0) is 36.1. The maximum Gasteiger partial charge on any atom is 0.592 e. The number of hydrogen-bond donors (Lipinski definition) is 0. The molecule has 0 spiro atoms. The van der Waals surface area contributed by atoms with Gasteiger partial charge in [0.1, 0.15) is 22.6 Å². The second-order valence-corrected chi connectivity index (χ2v) is 21.9. The van der Waals surface area contributed by atoms with Crippen molar-refractivity contribution in [3.05, 3.63) is 130 Å². The van der Waals surface area contributed by atoms with Crippen LogP contribution in [-0.4, -0.2) is 81.7 Å². The molecule has 0 N–H and O–H groups in total. The van der Waals surface area contributed by atoms with Crippen LogP contribution in [0.15, 0.2) is 127 Å². The molecule has 6 aromatic rings. The van der Waals surface area contributed by atoms with Crippen LogP contribution in [0.2, 0.25) is 19.1 Å². The highest BCUT2D eigenvalue weighted by Gasteiger charge is 2.54. The number of nitrogens with zero attached hydrogens (tertiary/aromatic N) is 9. The molecular weight excluding hydrogens is 695 g/mol. The van der Waals surface area contributed by atoms with Gasteiger partial charge < -0.3 is 13.4 Å². The van der Waals surface area contributed by atoms with Gasteiger partial charge in [-0.25, -0.2) is 30.0 Å². The van der Waals surface area contributed by atoms with Gasteiger partial charge in [-0.05, 0) is 46.2 Å². The Hall–Kier alpha value is -5.45. The summed E-state index contributed by atoms with van der Waals surface area (Å²) >= 11 is 0. The van der Waals surface area contributed by atoms with E-state index in [4.69, 9.17) is 38.5 Å². The fraction of sp³-hybridized carbons (Fsp3) is 0.200. The first-order chi connectivity index (χ1) is 25.8. The smallest absolute Gasteiger partial charge is 0.404 e. The number of rotatable bonds is 7. The first-order valence-electron chi connectivity index (χ1n) is 17.9. The quantitative estimate of drug-likeness (QED) is 0.183. The molecule has 53 heavy (non-hydrogen) atoms. The Morgan fingerprint density at radius 3 is 1.42 bits per heavy atom. The molecule has 6 bridgehead atoms. The second kappa shape index (κ2) is 11.8. The van der Waals surface area contributed by atoms with E-state index in [1.165, 1.54) is 0 Å². The van der Waals surface area contributed by atoms with Gasteiger partial charge in [-0.15, -0.1) is 0 Å². The number of fused-ring (bicyclic) bond motifs is 14. The summed E-state index contributed by atoms with van der Waals surface area (Å²) in [5.74, 6) is 3.65. The van der Waals surface area contributed by atoms with Gasteiger partial charge in [0.25, 0.3) is 0 Å². The van der Waals surface area contributed by atoms with Gasteiger partial charge in [0.15, 0.2) is 31.7 Å². The molecule has 4 aliphatic rings. The summed E-state index contributed by atoms with van der Waals surface area (Å²) in [6, 6.07) is 33.8. The van der Waals surface area contributed by atoms with Crippen molar-refractivity contribution < 1.29 is 8.54 Å². The Kier molecular flexibility index (Phi) is 7.16. The van der Waals surface area contributed by atoms with E-state index in [0.29, 0.717) is 46.0 Å². The topological polar surface area (TPSA) is 106 Å². The van der Waals surface area contributed by atoms with Crippen molar-refractivity contribution in [2.45, 2.75) is 25.6 Å². The molecule has 1 atom stereocenters. The molecule has 1 unspecified atom stereocenters. The number of amidine groups is 4. The lowest BCUT2D eigenvalue weighted by molar-refractivity contribution is 0.265. The standard InChI is InChI=1S/C40H37N9O2Si2/c1-47(2)23-14-24-52(4,5)51-53(50-3)48-37-29-19-10-11-20-30(29)39(48)45-35-27-17-8-9-18-28(27)36(42-35)46-40-32-22-13-12-21-31(32)38(49(40)53)44-34-26-16-7-6-15-25(26)33(41-34)43-37/h6-13,15-22H,14,23-24H2,1-5H3. The van der Waals surface area contributed by atoms with Crippen LogP contribution >= 0.6 is 0 Å². The van der Waals surface area contributed by atoms with Gasteiger partial charge in [0.2, 0.25) is 0 Å². The summed E-state index contributed by atoms with van der Waals surface area (Å²) in [5.41, 5.74) is 4.98. The Morgan fingerprint density at radius 1 is 0.566 bits per heavy atom. The molecule has 0 radical (unpaired) electrons. The molecular formula is C40H37N9O2Si2. The summed E-state index contributed by atoms with van der Waals surface area (Å²) in [6.45, 7) is 5.52. The third kappa shape index (κ3) is 4.81. The molecule has 13 heteroatoms. The minimum absolute atomic E-state index is 0.581. The van der Waals surface area contributed by atoms with E-state index in [2.05, 4.69) is 89.1 Å². The molecule has 0 saturated heterocycles. The van der Waals surface area contributed by atoms with Crippen molar-refractivity contribution in [3.63, 3.8) is 0 Å². The summed E-state index contributed by atoms with van der Waals surface area (Å²) in [7, 11) is -0.602. The van der Waals surface area contributed by atoms with Crippen molar-refractivity contribution in [2.24, 2.45) is 30.0 Å². The first kappa shape index (κ1) is 32.2. The van der Waals surface area contributed by atoms with Gasteiger partial charge in [0, 0.05) is 50.9 Å². The highest BCUT2D eigenvalue weighted by atomic mass is 28.5. The zero-order valence-corrected chi connectivity index (χ0v) is 32.2. The lowest BCUT2D eigenvalue weighted by Gasteiger charge is -2.38. The molecule has 2 aromatic heterocycles. The van der Waals surface area contributed by atoms with Crippen LogP contribution in [0.1, 0.15) is 28.7 Å². The maximum absolute atomic E-state index is 7.86. The van der Waals surface area contributed by atoms with Crippen molar-refractivity contribution in [1.29, 1.82) is 0 Å². The van der Waals surface area contributed by atoms with Crippen LogP contribution in [0, 0.1) is 0 Å². The van der Waals surface area contributed by atoms with Crippen LogP contribution in [0.3, 0.4) is 0 Å². The number of benzene rings is 4. The predicted octanol–water partition coefficient (Wildman–Crippen LogP) is 6.19. The highest BCUT2D eigenvalue weighted by Crippen LogP contribution is 2.44. The minimum Gasteiger partial charge on any atom is -0.404 e. The molecule has 11 nitrogen and oxygen atoms in total. The fourth-order valence-corrected chi connectivity index (χ4v) is 15.7. The summed E-state index contributed by atoms with van der Waals surface area (Å²) in [4.78, 5) is 34.3. The van der Waals surface area contributed by atoms with Crippen LogP contribution in [0.5, 0.6) is 0 Å². The van der Waals surface area contributed by atoms with Crippen LogP contribution in [-0.2, 0) is 8.54 Å². The largest absolute Gasteiger partial charge is 0.592 e. The van der Waals surface area contributed by atoms with E-state index in [-0.39, 0.29) is 0 Å². The van der Waals surface area contributed by atoms with Gasteiger partial charge in [-0.1, -0.05) is 97.1 Å². The Labute approximate surface area is 308 Å². The molecule has 10 rings (SSSR count). The van der Waals surface area contributed by atoms with Crippen LogP contribution in [0.25, 0.3) is 21.5 Å². The van der Waals surface area contributed by atoms with E-state index in [1.54, 1.807) is 7.11 Å². The van der Waals surface area contributed by atoms with E-state index < -0.39 is 17.2 Å². The van der Waals surface area contributed by atoms with Gasteiger partial charge in [0.05, 0.1) is 0 Å². The monoisotopic (exact) mass is 731 g/mol. The average Bonchev–Trinajstić information content (AvgIpc) is 3.87. The van der Waals surface area contributed by atoms with Crippen LogP contribution < -0.4 is 11.0 Å². The molecule has 0 fully saturated rings. The molecule has 4 aliphatic heterocycles. The molecule has 0 aliphatic carbocycles. The Balaban J connectivity index is 1.45. The van der Waals surface area contributed by atoms with Crippen molar-refractivity contribution in [1.82, 2.24) is 13.4 Å². The zero-order valence-electron chi connectivity index (χ0n) is 30.2. The first-order valence-corrected chi connectivity index (χ1v) is 22.7. The summed E-state index contributed by atoms with van der Waals surface area (Å²) in [6.07, 6.45) is 0.985. The Morgan fingerprint density at radius 2 is 0.981 bits per heavy atom. The van der Waals surface area contributed by atoms with Gasteiger partial charge >= 0.3 is 8.88 Å². The number of hydrogen-bond acceptors (Lipinski definition) is 9. The minimum atomic E-state index is -4.03. The van der Waals surface area contributed by atoms with E-state index in [0.717, 1.165) is 62.8 Å². The number of aliphatic imine (C=N–C) groups is 4. The van der Waals surface area contributed by atoms with Crippen molar-refractivity contribution in [2.75, 3.05) is 27.7 Å². The fourth-order valence-electron chi connectivity index (χ4n) is 7.98. The normalized spacial score (nSPS) is 18.2. The van der Waals surface area contributed by atoms with Crippen LogP contribution in [0.4, 0.5) is 11.6 Å².